The van der Waals surface area contributed by atoms with E-state index in [1.807, 2.05) is 54.7 Å². The molecule has 1 N–H and O–H groups in total. The highest BCUT2D eigenvalue weighted by Gasteiger charge is 2.17. The minimum absolute atomic E-state index is 0.334. The Hall–Kier alpha value is -4.10. The van der Waals surface area contributed by atoms with Gasteiger partial charge in [-0.05, 0) is 54.6 Å². The van der Waals surface area contributed by atoms with Crippen LogP contribution in [0.2, 0.25) is 5.02 Å². The van der Waals surface area contributed by atoms with Crippen LogP contribution in [-0.2, 0) is 0 Å². The third-order valence-electron chi connectivity index (χ3n) is 5.06. The second kappa shape index (κ2) is 9.18. The number of nitrogens with one attached hydrogen (secondary N) is 1. The predicted octanol–water partition coefficient (Wildman–Crippen LogP) is 4.73. The summed E-state index contributed by atoms with van der Waals surface area (Å²) in [5.41, 5.74) is 6.19. The van der Waals surface area contributed by atoms with E-state index in [1.165, 1.54) is 0 Å². The van der Waals surface area contributed by atoms with Gasteiger partial charge in [-0.15, -0.1) is 0 Å². The van der Waals surface area contributed by atoms with E-state index in [-0.39, 0.29) is 5.91 Å². The number of benzene rings is 3. The summed E-state index contributed by atoms with van der Waals surface area (Å²) >= 11 is 5.89. The molecular weight excluding hydrogens is 440 g/mol. The first kappa shape index (κ1) is 20.8. The molecule has 0 fully saturated rings. The van der Waals surface area contributed by atoms with Gasteiger partial charge in [-0.1, -0.05) is 29.8 Å². The molecule has 164 valence electrons. The monoisotopic (exact) mass is 458 g/mol. The molecule has 1 aliphatic rings. The highest BCUT2D eigenvalue weighted by molar-refractivity contribution is 6.30. The van der Waals surface area contributed by atoms with Gasteiger partial charge in [0.25, 0.3) is 5.91 Å². The van der Waals surface area contributed by atoms with Crippen LogP contribution in [0.15, 0.2) is 84.1 Å². The van der Waals surface area contributed by atoms with Crippen LogP contribution in [0.4, 0.5) is 0 Å². The van der Waals surface area contributed by atoms with E-state index in [9.17, 15) is 4.79 Å². The number of nitrogens with zero attached hydrogens (tertiary/aromatic N) is 3. The zero-order valence-corrected chi connectivity index (χ0v) is 18.2. The normalized spacial score (nSPS) is 12.6. The van der Waals surface area contributed by atoms with Crippen molar-refractivity contribution in [1.29, 1.82) is 0 Å². The quantitative estimate of drug-likeness (QED) is 0.346. The van der Waals surface area contributed by atoms with Gasteiger partial charge >= 0.3 is 0 Å². The van der Waals surface area contributed by atoms with Crippen molar-refractivity contribution in [1.82, 2.24) is 15.2 Å². The molecule has 0 radical (unpaired) electrons. The number of carbonyl (C=O) groups excluding carboxylic acids is 1. The minimum Gasteiger partial charge on any atom is -0.486 e. The lowest BCUT2D eigenvalue weighted by molar-refractivity contribution is 0.0955. The summed E-state index contributed by atoms with van der Waals surface area (Å²) in [7, 11) is 0. The van der Waals surface area contributed by atoms with E-state index in [4.69, 9.17) is 26.2 Å². The Labute approximate surface area is 195 Å². The molecule has 0 bridgehead atoms. The number of hydrazone groups is 1. The smallest absolute Gasteiger partial charge is 0.271 e. The molecule has 33 heavy (non-hydrogen) atoms. The first-order valence-corrected chi connectivity index (χ1v) is 10.7. The van der Waals surface area contributed by atoms with Gasteiger partial charge in [0.05, 0.1) is 11.9 Å². The Bertz CT molecular complexity index is 1320. The largest absolute Gasteiger partial charge is 0.486 e. The Kier molecular flexibility index (Phi) is 5.78. The van der Waals surface area contributed by atoms with Crippen LogP contribution in [0.3, 0.4) is 0 Å². The third kappa shape index (κ3) is 4.58. The SMILES string of the molecule is O=C(N/N=C/c1cn(-c2ccccc2)nc1-c1ccc2c(c1)OCCO2)c1ccc(Cl)cc1. The molecule has 0 saturated heterocycles. The zero-order valence-electron chi connectivity index (χ0n) is 17.4. The van der Waals surface area contributed by atoms with Crippen LogP contribution in [0, 0.1) is 0 Å². The number of ether oxygens (including phenoxy) is 2. The molecule has 0 spiro atoms. The fourth-order valence-corrected chi connectivity index (χ4v) is 3.56. The van der Waals surface area contributed by atoms with Gasteiger partial charge < -0.3 is 9.47 Å². The van der Waals surface area contributed by atoms with Gasteiger partial charge in [0.1, 0.15) is 18.9 Å². The number of hydrogen-bond donors (Lipinski definition) is 1. The van der Waals surface area contributed by atoms with Gasteiger partial charge in [-0.25, -0.2) is 10.1 Å². The second-order valence-electron chi connectivity index (χ2n) is 7.28. The number of fused-ring (bicyclic) bond motifs is 1. The highest BCUT2D eigenvalue weighted by Crippen LogP contribution is 2.35. The maximum Gasteiger partial charge on any atom is 0.271 e. The molecule has 1 aromatic heterocycles. The Morgan fingerprint density at radius 3 is 2.55 bits per heavy atom. The van der Waals surface area contributed by atoms with Crippen molar-refractivity contribution >= 4 is 23.7 Å². The number of rotatable bonds is 5. The standard InChI is InChI=1S/C25H19ClN4O3/c26-20-9-6-17(7-10-20)25(31)28-27-15-19-16-30(21-4-2-1-3-5-21)29-24(19)18-8-11-22-23(14-18)33-13-12-32-22/h1-11,14-16H,12-13H2,(H,28,31)/b27-15+. The lowest BCUT2D eigenvalue weighted by Crippen LogP contribution is -2.17. The van der Waals surface area contributed by atoms with Crippen LogP contribution in [0.25, 0.3) is 16.9 Å². The molecular formula is C25H19ClN4O3. The number of amides is 1. The fraction of sp³-hybridized carbons (Fsp3) is 0.0800. The van der Waals surface area contributed by atoms with Gasteiger partial charge in [-0.3, -0.25) is 4.79 Å². The van der Waals surface area contributed by atoms with Crippen LogP contribution >= 0.6 is 11.6 Å². The minimum atomic E-state index is -0.334. The first-order valence-electron chi connectivity index (χ1n) is 10.3. The van der Waals surface area contributed by atoms with Crippen LogP contribution < -0.4 is 14.9 Å². The maximum atomic E-state index is 12.4. The Morgan fingerprint density at radius 2 is 1.76 bits per heavy atom. The molecule has 1 amide bonds. The van der Waals surface area contributed by atoms with Crippen molar-refractivity contribution in [2.24, 2.45) is 5.10 Å². The van der Waals surface area contributed by atoms with E-state index in [0.29, 0.717) is 41.0 Å². The number of hydrogen-bond acceptors (Lipinski definition) is 5. The average Bonchev–Trinajstić information content (AvgIpc) is 3.29. The van der Waals surface area contributed by atoms with E-state index < -0.39 is 0 Å². The Balaban J connectivity index is 1.46. The highest BCUT2D eigenvalue weighted by atomic mass is 35.5. The van der Waals surface area contributed by atoms with Gasteiger partial charge in [0, 0.05) is 27.9 Å². The van der Waals surface area contributed by atoms with Gasteiger partial charge in [0.2, 0.25) is 0 Å². The summed E-state index contributed by atoms with van der Waals surface area (Å²) in [4.78, 5) is 12.4. The van der Waals surface area contributed by atoms with Crippen molar-refractivity contribution in [2.45, 2.75) is 0 Å². The lowest BCUT2D eigenvalue weighted by Gasteiger charge is -2.18. The topological polar surface area (TPSA) is 77.7 Å². The van der Waals surface area contributed by atoms with Crippen molar-refractivity contribution in [2.75, 3.05) is 13.2 Å². The molecule has 3 aromatic carbocycles. The van der Waals surface area contributed by atoms with Crippen molar-refractivity contribution < 1.29 is 14.3 Å². The summed E-state index contributed by atoms with van der Waals surface area (Å²) in [6, 6.07) is 22.1. The van der Waals surface area contributed by atoms with Crippen molar-refractivity contribution in [3.8, 4) is 28.4 Å². The number of aromatic nitrogens is 2. The molecule has 2 heterocycles. The molecule has 0 unspecified atom stereocenters. The van der Waals surface area contributed by atoms with Crippen molar-refractivity contribution in [3.05, 3.63) is 95.1 Å². The summed E-state index contributed by atoms with van der Waals surface area (Å²) in [6.45, 7) is 1.03. The zero-order chi connectivity index (χ0) is 22.6. The number of carbonyl (C=O) groups is 1. The molecule has 1 aliphatic heterocycles. The lowest BCUT2D eigenvalue weighted by atomic mass is 10.1. The molecule has 5 rings (SSSR count). The van der Waals surface area contributed by atoms with Crippen LogP contribution in [0.1, 0.15) is 15.9 Å². The first-order chi connectivity index (χ1) is 16.2. The second-order valence-corrected chi connectivity index (χ2v) is 7.71. The van der Waals surface area contributed by atoms with E-state index >= 15 is 0 Å². The van der Waals surface area contributed by atoms with Crippen LogP contribution in [0.5, 0.6) is 11.5 Å². The van der Waals surface area contributed by atoms with E-state index in [1.54, 1.807) is 35.2 Å². The van der Waals surface area contributed by atoms with E-state index in [2.05, 4.69) is 10.5 Å². The van der Waals surface area contributed by atoms with E-state index in [0.717, 1.165) is 16.8 Å². The summed E-state index contributed by atoms with van der Waals surface area (Å²) < 4.78 is 13.1. The number of halogens is 1. The fourth-order valence-electron chi connectivity index (χ4n) is 3.44. The molecule has 0 aliphatic carbocycles. The van der Waals surface area contributed by atoms with Crippen molar-refractivity contribution in [3.63, 3.8) is 0 Å². The van der Waals surface area contributed by atoms with Gasteiger partial charge in [0.15, 0.2) is 11.5 Å². The Morgan fingerprint density at radius 1 is 1.00 bits per heavy atom. The van der Waals surface area contributed by atoms with Crippen LogP contribution in [-0.4, -0.2) is 35.1 Å². The molecule has 4 aromatic rings. The average molecular weight is 459 g/mol. The molecule has 7 nitrogen and oxygen atoms in total. The molecule has 0 saturated carbocycles. The summed E-state index contributed by atoms with van der Waals surface area (Å²) in [5, 5.41) is 9.48. The third-order valence-corrected chi connectivity index (χ3v) is 5.31. The molecule has 8 heteroatoms. The predicted molar refractivity (Wildman–Crippen MR) is 127 cm³/mol. The molecule has 0 atom stereocenters. The van der Waals surface area contributed by atoms with Gasteiger partial charge in [-0.2, -0.15) is 10.2 Å². The maximum absolute atomic E-state index is 12.4. The summed E-state index contributed by atoms with van der Waals surface area (Å²) in [6.07, 6.45) is 3.44. The summed E-state index contributed by atoms with van der Waals surface area (Å²) in [5.74, 6) is 1.05. The number of para-hydroxylation sites is 1.